The van der Waals surface area contributed by atoms with Crippen molar-refractivity contribution in [3.63, 3.8) is 0 Å². The lowest BCUT2D eigenvalue weighted by molar-refractivity contribution is -0.137. The van der Waals surface area contributed by atoms with Crippen LogP contribution >= 0.6 is 11.5 Å². The van der Waals surface area contributed by atoms with Crippen LogP contribution in [0, 0.1) is 0 Å². The molecular formula is C19H19FN2O4S. The van der Waals surface area contributed by atoms with Crippen LogP contribution in [0.15, 0.2) is 36.2 Å². The van der Waals surface area contributed by atoms with Gasteiger partial charge in [0.1, 0.15) is 23.8 Å². The van der Waals surface area contributed by atoms with Crippen LogP contribution in [0.4, 0.5) is 4.39 Å². The average Bonchev–Trinajstić information content (AvgIpc) is 3.24. The zero-order valence-corrected chi connectivity index (χ0v) is 15.8. The zero-order chi connectivity index (χ0) is 19.4. The summed E-state index contributed by atoms with van der Waals surface area (Å²) in [4.78, 5) is 11.8. The van der Waals surface area contributed by atoms with Crippen LogP contribution < -0.4 is 9.47 Å². The second kappa shape index (κ2) is 8.30. The summed E-state index contributed by atoms with van der Waals surface area (Å²) in [6, 6.07) is 5.39. The SMILES string of the molecule is C/C(F)=C\C=C(/C)c1snnc1COc1ccc2c(c1)OCC2CC(=O)O. The summed E-state index contributed by atoms with van der Waals surface area (Å²) < 4.78 is 28.2. The fourth-order valence-corrected chi connectivity index (χ4v) is 3.43. The molecule has 1 aliphatic rings. The maximum absolute atomic E-state index is 12.9. The van der Waals surface area contributed by atoms with Gasteiger partial charge in [-0.1, -0.05) is 16.6 Å². The van der Waals surface area contributed by atoms with Crippen LogP contribution in [0.25, 0.3) is 5.57 Å². The molecule has 0 saturated heterocycles. The first-order valence-electron chi connectivity index (χ1n) is 8.37. The van der Waals surface area contributed by atoms with E-state index in [-0.39, 0.29) is 24.8 Å². The van der Waals surface area contributed by atoms with Crippen LogP contribution in [-0.4, -0.2) is 27.3 Å². The highest BCUT2D eigenvalue weighted by Gasteiger charge is 2.26. The number of rotatable bonds is 7. The number of aliphatic carboxylic acids is 1. The molecule has 0 spiro atoms. The Morgan fingerprint density at radius 3 is 3.00 bits per heavy atom. The van der Waals surface area contributed by atoms with E-state index in [1.807, 2.05) is 13.0 Å². The molecular weight excluding hydrogens is 371 g/mol. The Labute approximate surface area is 160 Å². The van der Waals surface area contributed by atoms with Crippen LogP contribution in [-0.2, 0) is 11.4 Å². The van der Waals surface area contributed by atoms with Gasteiger partial charge in [-0.2, -0.15) is 0 Å². The highest BCUT2D eigenvalue weighted by atomic mass is 32.1. The van der Waals surface area contributed by atoms with E-state index in [4.69, 9.17) is 14.6 Å². The minimum absolute atomic E-state index is 0.0411. The maximum Gasteiger partial charge on any atom is 0.304 e. The molecule has 0 bridgehead atoms. The number of hydrogen-bond donors (Lipinski definition) is 1. The van der Waals surface area contributed by atoms with Gasteiger partial charge < -0.3 is 14.6 Å². The molecule has 1 unspecified atom stereocenters. The minimum Gasteiger partial charge on any atom is -0.492 e. The van der Waals surface area contributed by atoms with Crippen molar-refractivity contribution in [3.8, 4) is 11.5 Å². The Morgan fingerprint density at radius 1 is 1.44 bits per heavy atom. The van der Waals surface area contributed by atoms with Crippen molar-refractivity contribution in [1.29, 1.82) is 0 Å². The molecule has 1 aromatic carbocycles. The second-order valence-electron chi connectivity index (χ2n) is 6.25. The largest absolute Gasteiger partial charge is 0.492 e. The molecule has 8 heteroatoms. The second-order valence-corrected chi connectivity index (χ2v) is 7.00. The number of fused-ring (bicyclic) bond motifs is 1. The molecule has 3 rings (SSSR count). The van der Waals surface area contributed by atoms with E-state index >= 15 is 0 Å². The van der Waals surface area contributed by atoms with E-state index in [1.165, 1.54) is 24.5 Å². The average molecular weight is 390 g/mol. The summed E-state index contributed by atoms with van der Waals surface area (Å²) in [5, 5.41) is 13.1. The summed E-state index contributed by atoms with van der Waals surface area (Å²) in [6.45, 7) is 3.82. The van der Waals surface area contributed by atoms with E-state index in [0.717, 1.165) is 16.0 Å². The normalized spacial score (nSPS) is 16.8. The Kier molecular flexibility index (Phi) is 5.85. The van der Waals surface area contributed by atoms with E-state index in [1.54, 1.807) is 18.2 Å². The highest BCUT2D eigenvalue weighted by molar-refractivity contribution is 7.06. The molecule has 1 aliphatic heterocycles. The first-order valence-corrected chi connectivity index (χ1v) is 9.15. The molecule has 0 aliphatic carbocycles. The first-order chi connectivity index (χ1) is 12.9. The molecule has 2 aromatic rings. The number of nitrogens with zero attached hydrogens (tertiary/aromatic N) is 2. The molecule has 27 heavy (non-hydrogen) atoms. The zero-order valence-electron chi connectivity index (χ0n) is 14.9. The van der Waals surface area contributed by atoms with E-state index in [2.05, 4.69) is 9.59 Å². The van der Waals surface area contributed by atoms with Crippen molar-refractivity contribution in [2.45, 2.75) is 32.8 Å². The van der Waals surface area contributed by atoms with Gasteiger partial charge in [0.25, 0.3) is 0 Å². The van der Waals surface area contributed by atoms with Crippen molar-refractivity contribution in [2.24, 2.45) is 0 Å². The summed E-state index contributed by atoms with van der Waals surface area (Å²) in [6.07, 6.45) is 3.12. The minimum atomic E-state index is -0.846. The molecule has 0 radical (unpaired) electrons. The fourth-order valence-electron chi connectivity index (χ4n) is 2.80. The predicted molar refractivity (Wildman–Crippen MR) is 99.7 cm³/mol. The molecule has 1 atom stereocenters. The van der Waals surface area contributed by atoms with Gasteiger partial charge in [0.15, 0.2) is 0 Å². The Bertz CT molecular complexity index is 903. The third kappa shape index (κ3) is 4.71. The number of benzene rings is 1. The topological polar surface area (TPSA) is 81.5 Å². The predicted octanol–water partition coefficient (Wildman–Crippen LogP) is 4.34. The van der Waals surface area contributed by atoms with Gasteiger partial charge in [-0.3, -0.25) is 4.79 Å². The summed E-state index contributed by atoms with van der Waals surface area (Å²) >= 11 is 1.23. The lowest BCUT2D eigenvalue weighted by atomic mass is 9.98. The Balaban J connectivity index is 1.69. The van der Waals surface area contributed by atoms with Crippen molar-refractivity contribution in [3.05, 3.63) is 52.3 Å². The van der Waals surface area contributed by atoms with Crippen molar-refractivity contribution < 1.29 is 23.8 Å². The summed E-state index contributed by atoms with van der Waals surface area (Å²) in [7, 11) is 0. The molecule has 0 amide bonds. The molecule has 0 saturated carbocycles. The highest BCUT2D eigenvalue weighted by Crippen LogP contribution is 2.38. The van der Waals surface area contributed by atoms with Gasteiger partial charge in [0, 0.05) is 17.5 Å². The standard InChI is InChI=1S/C19H19FN2O4S/c1-11(3-4-12(2)20)19-16(21-22-27-19)10-25-14-5-6-15-13(7-18(23)24)9-26-17(15)8-14/h3-6,8,13H,7,9-10H2,1-2H3,(H,23,24)/b11-3+,12-4+. The lowest BCUT2D eigenvalue weighted by Crippen LogP contribution is -2.07. The summed E-state index contributed by atoms with van der Waals surface area (Å²) in [5.74, 6) is -0.00829. The number of carboxylic acids is 1. The molecule has 0 fully saturated rings. The maximum atomic E-state index is 12.9. The third-order valence-corrected chi connectivity index (χ3v) is 5.04. The monoisotopic (exact) mass is 390 g/mol. The number of allylic oxidation sites excluding steroid dienone is 4. The van der Waals surface area contributed by atoms with E-state index in [0.29, 0.717) is 23.8 Å². The van der Waals surface area contributed by atoms with Gasteiger partial charge in [0.2, 0.25) is 0 Å². The van der Waals surface area contributed by atoms with Crippen molar-refractivity contribution in [2.75, 3.05) is 6.61 Å². The lowest BCUT2D eigenvalue weighted by Gasteiger charge is -2.08. The van der Waals surface area contributed by atoms with Gasteiger partial charge in [-0.05, 0) is 43.1 Å². The molecule has 142 valence electrons. The van der Waals surface area contributed by atoms with Gasteiger partial charge in [0.05, 0.1) is 23.7 Å². The Morgan fingerprint density at radius 2 is 2.26 bits per heavy atom. The fraction of sp³-hybridized carbons (Fsp3) is 0.316. The van der Waals surface area contributed by atoms with Gasteiger partial charge in [-0.25, -0.2) is 4.39 Å². The van der Waals surface area contributed by atoms with Crippen molar-refractivity contribution in [1.82, 2.24) is 9.59 Å². The van der Waals surface area contributed by atoms with Gasteiger partial charge in [-0.15, -0.1) is 5.10 Å². The van der Waals surface area contributed by atoms with Gasteiger partial charge >= 0.3 is 5.97 Å². The smallest absolute Gasteiger partial charge is 0.304 e. The number of halogens is 1. The number of ether oxygens (including phenoxy) is 2. The first kappa shape index (κ1) is 19.0. The van der Waals surface area contributed by atoms with Crippen LogP contribution in [0.3, 0.4) is 0 Å². The number of carboxylic acid groups (broad SMARTS) is 1. The van der Waals surface area contributed by atoms with Crippen LogP contribution in [0.5, 0.6) is 11.5 Å². The number of carbonyl (C=O) groups is 1. The van der Waals surface area contributed by atoms with E-state index < -0.39 is 5.97 Å². The number of hydrogen-bond acceptors (Lipinski definition) is 6. The third-order valence-electron chi connectivity index (χ3n) is 4.14. The van der Waals surface area contributed by atoms with Crippen LogP contribution in [0.2, 0.25) is 0 Å². The Hall–Kier alpha value is -2.74. The molecule has 2 heterocycles. The summed E-state index contributed by atoms with van der Waals surface area (Å²) in [5.41, 5.74) is 2.41. The van der Waals surface area contributed by atoms with E-state index in [9.17, 15) is 9.18 Å². The van der Waals surface area contributed by atoms with Crippen molar-refractivity contribution >= 4 is 23.1 Å². The molecule has 1 aromatic heterocycles. The van der Waals surface area contributed by atoms with Crippen LogP contribution in [0.1, 0.15) is 42.3 Å². The molecule has 6 nitrogen and oxygen atoms in total. The molecule has 1 N–H and O–H groups in total. The quantitative estimate of drug-likeness (QED) is 0.708. The number of aromatic nitrogens is 2.